The van der Waals surface area contributed by atoms with Crippen LogP contribution in [0.3, 0.4) is 0 Å². The van der Waals surface area contributed by atoms with E-state index in [0.717, 1.165) is 34.8 Å². The van der Waals surface area contributed by atoms with Crippen LogP contribution in [0.4, 0.5) is 0 Å². The van der Waals surface area contributed by atoms with Crippen molar-refractivity contribution in [2.75, 3.05) is 33.0 Å². The van der Waals surface area contributed by atoms with E-state index in [1.165, 1.54) is 5.56 Å². The van der Waals surface area contributed by atoms with E-state index in [1.807, 2.05) is 67.6 Å². The Morgan fingerprint density at radius 3 is 1.33 bits per heavy atom. The maximum Gasteiger partial charge on any atom is 0.122 e. The van der Waals surface area contributed by atoms with Crippen molar-refractivity contribution in [3.8, 4) is 23.0 Å². The molecule has 0 bridgehead atoms. The van der Waals surface area contributed by atoms with E-state index in [9.17, 15) is 10.2 Å². The van der Waals surface area contributed by atoms with Crippen molar-refractivity contribution in [2.45, 2.75) is 63.8 Å². The van der Waals surface area contributed by atoms with E-state index in [-0.39, 0.29) is 42.9 Å². The molecule has 46 heavy (non-hydrogen) atoms. The van der Waals surface area contributed by atoms with Gasteiger partial charge in [0.1, 0.15) is 61.1 Å². The Bertz CT molecular complexity index is 1510. The molecule has 1 fully saturated rings. The van der Waals surface area contributed by atoms with Crippen molar-refractivity contribution < 1.29 is 33.9 Å². The highest BCUT2D eigenvalue weighted by Crippen LogP contribution is 2.35. The fourth-order valence-electron chi connectivity index (χ4n) is 5.24. The molecule has 1 heterocycles. The summed E-state index contributed by atoms with van der Waals surface area (Å²) in [5.41, 5.74) is 4.20. The number of benzene rings is 4. The molecule has 7 nitrogen and oxygen atoms in total. The maximum atomic E-state index is 10.5. The van der Waals surface area contributed by atoms with Crippen molar-refractivity contribution in [3.05, 3.63) is 119 Å². The average Bonchev–Trinajstić information content (AvgIpc) is 3.91. The van der Waals surface area contributed by atoms with Gasteiger partial charge in [-0.2, -0.15) is 0 Å². The molecule has 3 unspecified atom stereocenters. The summed E-state index contributed by atoms with van der Waals surface area (Å²) in [6.07, 6.45) is -0.792. The van der Waals surface area contributed by atoms with Gasteiger partial charge in [-0.05, 0) is 77.7 Å². The number of epoxide rings is 1. The minimum atomic E-state index is -0.784. The molecule has 1 aliphatic rings. The average molecular weight is 627 g/mol. The van der Waals surface area contributed by atoms with Gasteiger partial charge in [0, 0.05) is 10.8 Å². The van der Waals surface area contributed by atoms with Crippen molar-refractivity contribution in [1.29, 1.82) is 0 Å². The third kappa shape index (κ3) is 8.60. The highest BCUT2D eigenvalue weighted by Gasteiger charge is 2.26. The van der Waals surface area contributed by atoms with Gasteiger partial charge in [0.15, 0.2) is 0 Å². The van der Waals surface area contributed by atoms with Gasteiger partial charge in [0.2, 0.25) is 0 Å². The summed E-state index contributed by atoms with van der Waals surface area (Å²) in [6.45, 7) is 12.2. The van der Waals surface area contributed by atoms with Crippen molar-refractivity contribution in [1.82, 2.24) is 0 Å². The molecule has 2 N–H and O–H groups in total. The summed E-state index contributed by atoms with van der Waals surface area (Å²) in [5, 5.41) is 19.8. The van der Waals surface area contributed by atoms with Gasteiger partial charge in [-0.15, -0.1) is 0 Å². The van der Waals surface area contributed by atoms with Gasteiger partial charge in [-0.3, -0.25) is 0 Å². The van der Waals surface area contributed by atoms with Gasteiger partial charge >= 0.3 is 0 Å². The molecule has 7 heteroatoms. The van der Waals surface area contributed by atoms with E-state index < -0.39 is 6.10 Å². The number of aliphatic hydroxyl groups excluding tert-OH is 2. The molecule has 3 atom stereocenters. The highest BCUT2D eigenvalue weighted by atomic mass is 16.6. The molecule has 0 amide bonds. The molecular weight excluding hydrogens is 580 g/mol. The van der Waals surface area contributed by atoms with Crippen molar-refractivity contribution in [3.63, 3.8) is 0 Å². The predicted molar refractivity (Wildman–Crippen MR) is 179 cm³/mol. The van der Waals surface area contributed by atoms with Gasteiger partial charge in [-0.1, -0.05) is 76.2 Å². The quantitative estimate of drug-likeness (QED) is 0.134. The van der Waals surface area contributed by atoms with Gasteiger partial charge < -0.3 is 33.9 Å². The van der Waals surface area contributed by atoms with Crippen LogP contribution in [-0.2, 0) is 15.6 Å². The molecule has 5 rings (SSSR count). The molecule has 4 aromatic rings. The zero-order chi connectivity index (χ0) is 32.7. The van der Waals surface area contributed by atoms with Crippen LogP contribution in [-0.4, -0.2) is 61.6 Å². The Kier molecular flexibility index (Phi) is 10.6. The second-order valence-electron chi connectivity index (χ2n) is 13.0. The molecule has 0 radical (unpaired) electrons. The van der Waals surface area contributed by atoms with Gasteiger partial charge in [0.05, 0.1) is 13.2 Å². The largest absolute Gasteiger partial charge is 0.491 e. The van der Waals surface area contributed by atoms with Gasteiger partial charge in [0.25, 0.3) is 0 Å². The highest BCUT2D eigenvalue weighted by molar-refractivity contribution is 5.43. The monoisotopic (exact) mass is 626 g/mol. The van der Waals surface area contributed by atoms with Crippen LogP contribution >= 0.6 is 0 Å². The number of hydrogen-bond acceptors (Lipinski definition) is 7. The first-order valence-electron chi connectivity index (χ1n) is 15.9. The van der Waals surface area contributed by atoms with Crippen LogP contribution in [0, 0.1) is 0 Å². The van der Waals surface area contributed by atoms with E-state index in [4.69, 9.17) is 23.7 Å². The summed E-state index contributed by atoms with van der Waals surface area (Å²) in [4.78, 5) is 0. The number of rotatable bonds is 16. The summed E-state index contributed by atoms with van der Waals surface area (Å²) in [6, 6.07) is 32.2. The van der Waals surface area contributed by atoms with Crippen molar-refractivity contribution >= 4 is 0 Å². The predicted octanol–water partition coefficient (Wildman–Crippen LogP) is 6.69. The lowest BCUT2D eigenvalue weighted by molar-refractivity contribution is 0.0626. The molecular formula is C39H46O7. The molecule has 244 valence electrons. The van der Waals surface area contributed by atoms with Crippen LogP contribution < -0.4 is 18.9 Å². The Morgan fingerprint density at radius 2 is 0.978 bits per heavy atom. The minimum Gasteiger partial charge on any atom is -0.491 e. The van der Waals surface area contributed by atoms with Crippen LogP contribution in [0.25, 0.3) is 0 Å². The molecule has 0 saturated carbocycles. The van der Waals surface area contributed by atoms with Crippen LogP contribution in [0.2, 0.25) is 0 Å². The SMILES string of the molecule is CC(CO)Oc1ccc(C(C)(C)c2ccc(OCC(O)COc3ccc(C(C)(C)c4ccc(OCC5CO5)cc4)cc3)cc2)cc1. The zero-order valence-electron chi connectivity index (χ0n) is 27.4. The lowest BCUT2D eigenvalue weighted by atomic mass is 9.78. The fourth-order valence-corrected chi connectivity index (χ4v) is 5.24. The number of ether oxygens (including phenoxy) is 5. The smallest absolute Gasteiger partial charge is 0.122 e. The normalized spacial score (nSPS) is 15.9. The summed E-state index contributed by atoms with van der Waals surface area (Å²) in [5.74, 6) is 2.96. The standard InChI is InChI=1S/C39H46O7/c1-27(22-40)46-36-20-12-31(13-21-36)39(4,5)29-8-16-34(17-9-29)43-24-32(41)23-42-33-14-6-28(7-15-33)38(2,3)30-10-18-35(19-11-30)44-25-37-26-45-37/h6-21,27,32,37,40-41H,22-26H2,1-5H3. The van der Waals surface area contributed by atoms with Crippen LogP contribution in [0.15, 0.2) is 97.1 Å². The summed E-state index contributed by atoms with van der Waals surface area (Å²) < 4.78 is 28.4. The molecule has 4 aromatic carbocycles. The minimum absolute atomic E-state index is 0.0244. The fraction of sp³-hybridized carbons (Fsp3) is 0.385. The summed E-state index contributed by atoms with van der Waals surface area (Å²) in [7, 11) is 0. The van der Waals surface area contributed by atoms with E-state index >= 15 is 0 Å². The lowest BCUT2D eigenvalue weighted by Crippen LogP contribution is -2.25. The maximum absolute atomic E-state index is 10.5. The topological polar surface area (TPSA) is 89.9 Å². The lowest BCUT2D eigenvalue weighted by Gasteiger charge is -2.27. The van der Waals surface area contributed by atoms with E-state index in [1.54, 1.807) is 0 Å². The Morgan fingerprint density at radius 1 is 0.630 bits per heavy atom. The molecule has 1 aliphatic heterocycles. The molecule has 0 aromatic heterocycles. The molecule has 0 spiro atoms. The zero-order valence-corrected chi connectivity index (χ0v) is 27.4. The number of hydrogen-bond donors (Lipinski definition) is 2. The van der Waals surface area contributed by atoms with E-state index in [2.05, 4.69) is 64.1 Å². The summed E-state index contributed by atoms with van der Waals surface area (Å²) >= 11 is 0. The Hall–Kier alpha value is -4.04. The van der Waals surface area contributed by atoms with Crippen LogP contribution in [0.1, 0.15) is 56.9 Å². The van der Waals surface area contributed by atoms with Crippen molar-refractivity contribution in [2.24, 2.45) is 0 Å². The molecule has 1 saturated heterocycles. The first-order chi connectivity index (χ1) is 22.0. The first kappa shape index (κ1) is 33.3. The second-order valence-corrected chi connectivity index (χ2v) is 13.0. The molecule has 0 aliphatic carbocycles. The Balaban J connectivity index is 1.08. The van der Waals surface area contributed by atoms with E-state index in [0.29, 0.717) is 18.1 Å². The second kappa shape index (κ2) is 14.6. The Labute approximate surface area is 272 Å². The van der Waals surface area contributed by atoms with Gasteiger partial charge in [-0.25, -0.2) is 0 Å². The third-order valence-corrected chi connectivity index (χ3v) is 8.62. The number of aliphatic hydroxyl groups is 2. The van der Waals surface area contributed by atoms with Crippen LogP contribution in [0.5, 0.6) is 23.0 Å². The first-order valence-corrected chi connectivity index (χ1v) is 15.9. The third-order valence-electron chi connectivity index (χ3n) is 8.62.